The lowest BCUT2D eigenvalue weighted by atomic mass is 10.3. The van der Waals surface area contributed by atoms with Crippen molar-refractivity contribution >= 4 is 28.1 Å². The van der Waals surface area contributed by atoms with E-state index in [1.165, 1.54) is 11.3 Å². The molecule has 0 aliphatic carbocycles. The van der Waals surface area contributed by atoms with Gasteiger partial charge in [0.05, 0.1) is 11.5 Å². The fraction of sp³-hybridized carbons (Fsp3) is 0.286. The fourth-order valence-electron chi connectivity index (χ4n) is 0.775. The normalized spacial score (nSPS) is 12.0. The topological polar surface area (TPSA) is 41.8 Å². The lowest BCUT2D eigenvalue weighted by molar-refractivity contribution is 0.185. The van der Waals surface area contributed by atoms with E-state index in [9.17, 15) is 0 Å². The zero-order valence-corrected chi connectivity index (χ0v) is 8.02. The highest BCUT2D eigenvalue weighted by molar-refractivity contribution is 7.14. The summed E-state index contributed by atoms with van der Waals surface area (Å²) >= 11 is 6.99. The molecule has 0 spiro atoms. The Bertz CT molecular complexity index is 285. The molecule has 1 aromatic rings. The van der Waals surface area contributed by atoms with Gasteiger partial charge in [-0.25, -0.2) is 0 Å². The van der Waals surface area contributed by atoms with Crippen LogP contribution in [0.25, 0.3) is 0 Å². The van der Waals surface area contributed by atoms with Gasteiger partial charge in [-0.1, -0.05) is 16.8 Å². The van der Waals surface area contributed by atoms with Crippen LogP contribution in [-0.2, 0) is 11.3 Å². The number of oxime groups is 1. The molecule has 1 heterocycles. The Hall–Kier alpha value is -0.580. The van der Waals surface area contributed by atoms with Gasteiger partial charge in [0.15, 0.2) is 5.17 Å². The van der Waals surface area contributed by atoms with Crippen molar-refractivity contribution < 1.29 is 9.94 Å². The van der Waals surface area contributed by atoms with Crippen LogP contribution in [0, 0.1) is 0 Å². The molecule has 0 amide bonds. The summed E-state index contributed by atoms with van der Waals surface area (Å²) in [4.78, 5) is 0.742. The van der Waals surface area contributed by atoms with E-state index in [1.807, 2.05) is 11.4 Å². The van der Waals surface area contributed by atoms with Crippen LogP contribution < -0.4 is 0 Å². The Kier molecular flexibility index (Phi) is 3.52. The van der Waals surface area contributed by atoms with Gasteiger partial charge in [-0.15, -0.1) is 11.3 Å². The third kappa shape index (κ3) is 2.20. The summed E-state index contributed by atoms with van der Waals surface area (Å²) in [5, 5.41) is 13.3. The molecule has 0 saturated heterocycles. The quantitative estimate of drug-likeness (QED) is 0.467. The van der Waals surface area contributed by atoms with Gasteiger partial charge in [0.2, 0.25) is 0 Å². The Labute approximate surface area is 79.2 Å². The highest BCUT2D eigenvalue weighted by atomic mass is 35.5. The van der Waals surface area contributed by atoms with Gasteiger partial charge in [-0.2, -0.15) is 0 Å². The largest absolute Gasteiger partial charge is 0.410 e. The molecule has 0 fully saturated rings. The van der Waals surface area contributed by atoms with Crippen LogP contribution in [0.3, 0.4) is 0 Å². The Balaban J connectivity index is 2.77. The van der Waals surface area contributed by atoms with Crippen LogP contribution in [0.1, 0.15) is 10.4 Å². The average Bonchev–Trinajstić information content (AvgIpc) is 2.52. The first kappa shape index (κ1) is 9.51. The molecule has 0 atom stereocenters. The van der Waals surface area contributed by atoms with Gasteiger partial charge in [-0.05, 0) is 17.0 Å². The van der Waals surface area contributed by atoms with Crippen LogP contribution in [0.2, 0.25) is 0 Å². The fourth-order valence-corrected chi connectivity index (χ4v) is 1.74. The summed E-state index contributed by atoms with van der Waals surface area (Å²) in [6.07, 6.45) is 0. The van der Waals surface area contributed by atoms with Crippen molar-refractivity contribution in [1.82, 2.24) is 0 Å². The second-order valence-corrected chi connectivity index (χ2v) is 3.41. The molecule has 12 heavy (non-hydrogen) atoms. The van der Waals surface area contributed by atoms with Gasteiger partial charge in [0.1, 0.15) is 0 Å². The van der Waals surface area contributed by atoms with Gasteiger partial charge < -0.3 is 9.94 Å². The number of ether oxygens (including phenoxy) is 1. The molecular weight excluding hydrogens is 198 g/mol. The molecule has 3 nitrogen and oxygen atoms in total. The highest BCUT2D eigenvalue weighted by Gasteiger charge is 2.04. The van der Waals surface area contributed by atoms with E-state index in [-0.39, 0.29) is 5.17 Å². The van der Waals surface area contributed by atoms with E-state index in [2.05, 4.69) is 5.16 Å². The summed E-state index contributed by atoms with van der Waals surface area (Å²) in [5.41, 5.74) is 1.03. The van der Waals surface area contributed by atoms with Gasteiger partial charge in [-0.3, -0.25) is 0 Å². The minimum Gasteiger partial charge on any atom is -0.410 e. The number of halogens is 1. The summed E-state index contributed by atoms with van der Waals surface area (Å²) in [5.74, 6) is 0. The number of rotatable bonds is 3. The number of methoxy groups -OCH3 is 1. The first-order chi connectivity index (χ1) is 5.77. The molecule has 0 aliphatic heterocycles. The van der Waals surface area contributed by atoms with Crippen molar-refractivity contribution in [3.8, 4) is 0 Å². The van der Waals surface area contributed by atoms with Crippen molar-refractivity contribution in [3.05, 3.63) is 21.9 Å². The second kappa shape index (κ2) is 4.45. The van der Waals surface area contributed by atoms with Crippen LogP contribution in [0.4, 0.5) is 0 Å². The van der Waals surface area contributed by atoms with E-state index < -0.39 is 0 Å². The van der Waals surface area contributed by atoms with Crippen LogP contribution in [-0.4, -0.2) is 17.5 Å². The Morgan fingerprint density at radius 2 is 2.58 bits per heavy atom. The van der Waals surface area contributed by atoms with Gasteiger partial charge in [0, 0.05) is 7.11 Å². The molecule has 0 aromatic carbocycles. The molecule has 0 saturated carbocycles. The van der Waals surface area contributed by atoms with Crippen molar-refractivity contribution in [2.75, 3.05) is 7.11 Å². The molecule has 1 aromatic heterocycles. The third-order valence-corrected chi connectivity index (χ3v) is 2.63. The number of hydrogen-bond acceptors (Lipinski definition) is 4. The maximum atomic E-state index is 8.36. The number of nitrogens with zero attached hydrogens (tertiary/aromatic N) is 1. The van der Waals surface area contributed by atoms with Crippen LogP contribution >= 0.6 is 22.9 Å². The summed E-state index contributed by atoms with van der Waals surface area (Å²) < 4.78 is 4.92. The predicted molar refractivity (Wildman–Crippen MR) is 49.2 cm³/mol. The van der Waals surface area contributed by atoms with E-state index >= 15 is 0 Å². The molecule has 0 radical (unpaired) electrons. The molecule has 0 bridgehead atoms. The van der Waals surface area contributed by atoms with E-state index in [0.717, 1.165) is 10.4 Å². The van der Waals surface area contributed by atoms with Crippen molar-refractivity contribution in [2.45, 2.75) is 6.61 Å². The van der Waals surface area contributed by atoms with Gasteiger partial charge >= 0.3 is 0 Å². The average molecular weight is 206 g/mol. The van der Waals surface area contributed by atoms with Crippen LogP contribution in [0.15, 0.2) is 16.6 Å². The van der Waals surface area contributed by atoms with E-state index in [0.29, 0.717) is 6.61 Å². The minimum atomic E-state index is 0.113. The maximum absolute atomic E-state index is 8.36. The molecule has 5 heteroatoms. The SMILES string of the molecule is COCc1csc(/C(Cl)=N/O)c1. The van der Waals surface area contributed by atoms with Gasteiger partial charge in [0.25, 0.3) is 0 Å². The summed E-state index contributed by atoms with van der Waals surface area (Å²) in [7, 11) is 1.62. The minimum absolute atomic E-state index is 0.113. The Morgan fingerprint density at radius 3 is 3.17 bits per heavy atom. The number of hydrogen-bond donors (Lipinski definition) is 1. The molecule has 66 valence electrons. The predicted octanol–water partition coefficient (Wildman–Crippen LogP) is 2.27. The number of thiophene rings is 1. The molecule has 1 N–H and O–H groups in total. The van der Waals surface area contributed by atoms with E-state index in [1.54, 1.807) is 7.11 Å². The third-order valence-electron chi connectivity index (χ3n) is 1.26. The lowest BCUT2D eigenvalue weighted by Gasteiger charge is -1.91. The maximum Gasteiger partial charge on any atom is 0.185 e. The first-order valence-electron chi connectivity index (χ1n) is 3.22. The molecule has 0 aliphatic rings. The van der Waals surface area contributed by atoms with Crippen molar-refractivity contribution in [1.29, 1.82) is 0 Å². The van der Waals surface area contributed by atoms with E-state index in [4.69, 9.17) is 21.5 Å². The van der Waals surface area contributed by atoms with Crippen LogP contribution in [0.5, 0.6) is 0 Å². The smallest absolute Gasteiger partial charge is 0.185 e. The molecule has 1 rings (SSSR count). The van der Waals surface area contributed by atoms with Crippen molar-refractivity contribution in [2.24, 2.45) is 5.16 Å². The van der Waals surface area contributed by atoms with Crippen molar-refractivity contribution in [3.63, 3.8) is 0 Å². The first-order valence-corrected chi connectivity index (χ1v) is 4.48. The highest BCUT2D eigenvalue weighted by Crippen LogP contribution is 2.17. The lowest BCUT2D eigenvalue weighted by Crippen LogP contribution is -1.86. The summed E-state index contributed by atoms with van der Waals surface area (Å²) in [6, 6.07) is 1.83. The standard InChI is InChI=1S/C7H8ClNO2S/c1-11-3-5-2-6(12-4-5)7(8)9-10/h2,4,10H,3H2,1H3/b9-7-. The summed E-state index contributed by atoms with van der Waals surface area (Å²) in [6.45, 7) is 0.548. The Morgan fingerprint density at radius 1 is 1.83 bits per heavy atom. The zero-order chi connectivity index (χ0) is 8.97. The monoisotopic (exact) mass is 205 g/mol. The molecule has 0 unspecified atom stereocenters. The molecular formula is C7H8ClNO2S. The zero-order valence-electron chi connectivity index (χ0n) is 6.45. The second-order valence-electron chi connectivity index (χ2n) is 2.14.